The highest BCUT2D eigenvalue weighted by Gasteiger charge is 2.15. The van der Waals surface area contributed by atoms with Crippen molar-refractivity contribution in [2.45, 2.75) is 31.3 Å². The minimum atomic E-state index is -0.0490. The molecular weight excluding hydrogens is 378 g/mol. The lowest BCUT2D eigenvalue weighted by Crippen LogP contribution is -2.20. The van der Waals surface area contributed by atoms with E-state index >= 15 is 0 Å². The Morgan fingerprint density at radius 2 is 1.62 bits per heavy atom. The molecule has 29 heavy (non-hydrogen) atoms. The predicted octanol–water partition coefficient (Wildman–Crippen LogP) is 5.58. The first-order chi connectivity index (χ1) is 14.1. The molecule has 4 nitrogen and oxygen atoms in total. The summed E-state index contributed by atoms with van der Waals surface area (Å²) in [5.74, 6) is 0.759. The first-order valence-corrected chi connectivity index (χ1v) is 10.6. The number of anilines is 1. The molecular formula is C24H23N3OS. The minimum absolute atomic E-state index is 0.0490. The number of nitrogens with one attached hydrogen (secondary N) is 1. The van der Waals surface area contributed by atoms with Crippen LogP contribution in [-0.4, -0.2) is 15.5 Å². The summed E-state index contributed by atoms with van der Waals surface area (Å²) in [7, 11) is 0. The van der Waals surface area contributed by atoms with Crippen molar-refractivity contribution in [2.24, 2.45) is 0 Å². The summed E-state index contributed by atoms with van der Waals surface area (Å²) < 4.78 is 2.01. The van der Waals surface area contributed by atoms with Crippen molar-refractivity contribution in [1.29, 1.82) is 0 Å². The number of hydrogen-bond donors (Lipinski definition) is 1. The van der Waals surface area contributed by atoms with Gasteiger partial charge < -0.3 is 9.88 Å². The molecule has 1 amide bonds. The lowest BCUT2D eigenvalue weighted by molar-refractivity contribution is -0.116. The van der Waals surface area contributed by atoms with E-state index in [4.69, 9.17) is 4.98 Å². The van der Waals surface area contributed by atoms with Crippen LogP contribution in [0.25, 0.3) is 11.0 Å². The Kier molecular flexibility index (Phi) is 5.67. The van der Waals surface area contributed by atoms with Gasteiger partial charge in [-0.15, -0.1) is 0 Å². The van der Waals surface area contributed by atoms with E-state index in [0.717, 1.165) is 38.8 Å². The fraction of sp³-hybridized carbons (Fsp3) is 0.167. The zero-order chi connectivity index (χ0) is 20.2. The highest BCUT2D eigenvalue weighted by molar-refractivity contribution is 7.98. The van der Waals surface area contributed by atoms with Gasteiger partial charge in [-0.25, -0.2) is 4.98 Å². The van der Waals surface area contributed by atoms with E-state index in [1.807, 2.05) is 79.1 Å². The lowest BCUT2D eigenvalue weighted by Gasteiger charge is -2.13. The Hall–Kier alpha value is -3.05. The number of nitrogens with zero attached hydrogens (tertiary/aromatic N) is 2. The smallest absolute Gasteiger partial charge is 0.244 e. The first kappa shape index (κ1) is 19.3. The van der Waals surface area contributed by atoms with Crippen molar-refractivity contribution in [1.82, 2.24) is 9.55 Å². The van der Waals surface area contributed by atoms with E-state index in [2.05, 4.69) is 17.4 Å². The van der Waals surface area contributed by atoms with Crippen molar-refractivity contribution in [3.63, 3.8) is 0 Å². The van der Waals surface area contributed by atoms with Crippen LogP contribution in [0.5, 0.6) is 0 Å². The molecule has 0 saturated carbocycles. The van der Waals surface area contributed by atoms with Crippen molar-refractivity contribution in [2.75, 3.05) is 5.32 Å². The molecule has 0 aliphatic rings. The molecule has 0 bridgehead atoms. The van der Waals surface area contributed by atoms with Crippen LogP contribution in [0.3, 0.4) is 0 Å². The third-order valence-electron chi connectivity index (χ3n) is 4.88. The maximum absolute atomic E-state index is 12.9. The van der Waals surface area contributed by atoms with Gasteiger partial charge in [-0.2, -0.15) is 0 Å². The molecule has 0 spiro atoms. The van der Waals surface area contributed by atoms with Crippen molar-refractivity contribution in [3.8, 4) is 0 Å². The number of carbonyl (C=O) groups excluding carboxylic acids is 1. The molecule has 0 radical (unpaired) electrons. The summed E-state index contributed by atoms with van der Waals surface area (Å²) in [6.07, 6.45) is 0. The molecule has 4 rings (SSSR count). The fourth-order valence-corrected chi connectivity index (χ4v) is 4.34. The Bertz CT molecular complexity index is 1130. The van der Waals surface area contributed by atoms with Gasteiger partial charge in [0.25, 0.3) is 0 Å². The van der Waals surface area contributed by atoms with E-state index < -0.39 is 0 Å². The second-order valence-electron chi connectivity index (χ2n) is 7.06. The third kappa shape index (κ3) is 4.35. The molecule has 0 unspecified atom stereocenters. The van der Waals surface area contributed by atoms with Gasteiger partial charge in [-0.3, -0.25) is 4.79 Å². The number of benzene rings is 3. The number of carbonyl (C=O) groups is 1. The Labute approximate surface area is 175 Å². The van der Waals surface area contributed by atoms with Crippen LogP contribution in [-0.2, 0) is 17.1 Å². The number of fused-ring (bicyclic) bond motifs is 1. The monoisotopic (exact) mass is 401 g/mol. The number of para-hydroxylation sites is 3. The number of aryl methyl sites for hydroxylation is 2. The summed E-state index contributed by atoms with van der Waals surface area (Å²) in [6.45, 7) is 4.25. The number of amides is 1. The van der Waals surface area contributed by atoms with E-state index in [1.54, 1.807) is 11.8 Å². The fourth-order valence-electron chi connectivity index (χ4n) is 3.37. The third-order valence-corrected chi connectivity index (χ3v) is 5.93. The maximum atomic E-state index is 12.9. The average molecular weight is 402 g/mol. The van der Waals surface area contributed by atoms with Gasteiger partial charge in [0.05, 0.1) is 11.0 Å². The van der Waals surface area contributed by atoms with Crippen LogP contribution in [0.1, 0.15) is 16.7 Å². The van der Waals surface area contributed by atoms with Gasteiger partial charge in [0.15, 0.2) is 5.16 Å². The Morgan fingerprint density at radius 1 is 0.931 bits per heavy atom. The maximum Gasteiger partial charge on any atom is 0.244 e. The topological polar surface area (TPSA) is 46.9 Å². The van der Waals surface area contributed by atoms with Gasteiger partial charge >= 0.3 is 0 Å². The summed E-state index contributed by atoms with van der Waals surface area (Å²) in [4.78, 5) is 17.7. The zero-order valence-corrected chi connectivity index (χ0v) is 17.4. The predicted molar refractivity (Wildman–Crippen MR) is 120 cm³/mol. The molecule has 5 heteroatoms. The van der Waals surface area contributed by atoms with Crippen LogP contribution < -0.4 is 5.32 Å². The minimum Gasteiger partial charge on any atom is -0.324 e. The average Bonchev–Trinajstić information content (AvgIpc) is 3.07. The van der Waals surface area contributed by atoms with Crippen molar-refractivity contribution in [3.05, 3.63) is 89.5 Å². The Morgan fingerprint density at radius 3 is 2.38 bits per heavy atom. The largest absolute Gasteiger partial charge is 0.324 e. The van der Waals surface area contributed by atoms with Crippen LogP contribution in [0.15, 0.2) is 78.0 Å². The highest BCUT2D eigenvalue weighted by Crippen LogP contribution is 2.27. The molecule has 0 aliphatic carbocycles. The van der Waals surface area contributed by atoms with Crippen LogP contribution >= 0.6 is 11.8 Å². The molecule has 0 aliphatic heterocycles. The van der Waals surface area contributed by atoms with Gasteiger partial charge in [0, 0.05) is 11.4 Å². The Balaban J connectivity index is 1.59. The zero-order valence-electron chi connectivity index (χ0n) is 16.6. The standard InChI is InChI=1S/C24H23N3OS/c1-17-9-8-10-18(2)23(17)26-22(28)15-27-21-14-7-6-13-20(21)25-24(27)29-16-19-11-4-3-5-12-19/h3-14H,15-16H2,1-2H3,(H,26,28). The van der Waals surface area contributed by atoms with Crippen LogP contribution in [0.2, 0.25) is 0 Å². The molecule has 1 heterocycles. The van der Waals surface area contributed by atoms with Crippen molar-refractivity contribution >= 4 is 34.4 Å². The number of rotatable bonds is 6. The lowest BCUT2D eigenvalue weighted by atomic mass is 10.1. The normalized spacial score (nSPS) is 11.0. The van der Waals surface area contributed by atoms with Crippen molar-refractivity contribution < 1.29 is 4.79 Å². The van der Waals surface area contributed by atoms with Crippen LogP contribution in [0, 0.1) is 13.8 Å². The van der Waals surface area contributed by atoms with Gasteiger partial charge in [-0.05, 0) is 42.7 Å². The van der Waals surface area contributed by atoms with E-state index in [-0.39, 0.29) is 12.5 Å². The number of hydrogen-bond acceptors (Lipinski definition) is 3. The molecule has 1 aromatic heterocycles. The molecule has 4 aromatic rings. The summed E-state index contributed by atoms with van der Waals surface area (Å²) >= 11 is 1.65. The summed E-state index contributed by atoms with van der Waals surface area (Å²) in [6, 6.07) is 24.3. The van der Waals surface area contributed by atoms with Crippen LogP contribution in [0.4, 0.5) is 5.69 Å². The quantitative estimate of drug-likeness (QED) is 0.429. The highest BCUT2D eigenvalue weighted by atomic mass is 32.2. The second-order valence-corrected chi connectivity index (χ2v) is 8.00. The second kappa shape index (κ2) is 8.53. The molecule has 1 N–H and O–H groups in total. The number of thioether (sulfide) groups is 1. The molecule has 0 atom stereocenters. The van der Waals surface area contributed by atoms with E-state index in [0.29, 0.717) is 0 Å². The van der Waals surface area contributed by atoms with E-state index in [1.165, 1.54) is 5.56 Å². The summed E-state index contributed by atoms with van der Waals surface area (Å²) in [5, 5.41) is 3.94. The van der Waals surface area contributed by atoms with E-state index in [9.17, 15) is 4.79 Å². The van der Waals surface area contributed by atoms with Gasteiger partial charge in [-0.1, -0.05) is 72.4 Å². The first-order valence-electron chi connectivity index (χ1n) is 9.60. The van der Waals surface area contributed by atoms with Gasteiger partial charge in [0.1, 0.15) is 6.54 Å². The summed E-state index contributed by atoms with van der Waals surface area (Å²) in [5.41, 5.74) is 6.12. The molecule has 146 valence electrons. The van der Waals surface area contributed by atoms with Gasteiger partial charge in [0.2, 0.25) is 5.91 Å². The molecule has 3 aromatic carbocycles. The number of aromatic nitrogens is 2. The SMILES string of the molecule is Cc1cccc(C)c1NC(=O)Cn1c(SCc2ccccc2)nc2ccccc21. The molecule has 0 fully saturated rings. The molecule has 0 saturated heterocycles. The number of imidazole rings is 1.